The van der Waals surface area contributed by atoms with Gasteiger partial charge in [0.25, 0.3) is 0 Å². The van der Waals surface area contributed by atoms with Crippen molar-refractivity contribution in [1.82, 2.24) is 4.90 Å². The first-order valence-corrected chi connectivity index (χ1v) is 9.66. The largest absolute Gasteiger partial charge is 0.511 e. The Kier molecular flexibility index (Phi) is 6.06. The SMILES string of the molecule is CCCCOC(=O)OC(C)OC(=O)[C@@H]1N2C(=O)[C@@H](Br)[C@H]2SC1(C)C. The molecule has 2 fully saturated rings. The topological polar surface area (TPSA) is 82.1 Å². The van der Waals surface area contributed by atoms with E-state index in [-0.39, 0.29) is 22.7 Å². The van der Waals surface area contributed by atoms with E-state index in [1.165, 1.54) is 11.8 Å². The third-order valence-electron chi connectivity index (χ3n) is 3.86. The smallest absolute Gasteiger partial charge is 0.434 e. The molecule has 0 aromatic rings. The van der Waals surface area contributed by atoms with Crippen LogP contribution >= 0.6 is 27.7 Å². The highest BCUT2D eigenvalue weighted by atomic mass is 79.9. The van der Waals surface area contributed by atoms with Gasteiger partial charge < -0.3 is 19.1 Å². The van der Waals surface area contributed by atoms with E-state index in [2.05, 4.69) is 15.9 Å². The lowest BCUT2D eigenvalue weighted by atomic mass is 9.98. The van der Waals surface area contributed by atoms with Crippen LogP contribution in [0, 0.1) is 0 Å². The van der Waals surface area contributed by atoms with Gasteiger partial charge in [-0.3, -0.25) is 4.79 Å². The third-order valence-corrected chi connectivity index (χ3v) is 6.68. The van der Waals surface area contributed by atoms with Crippen LogP contribution in [0.25, 0.3) is 0 Å². The van der Waals surface area contributed by atoms with Gasteiger partial charge in [0.2, 0.25) is 12.2 Å². The molecule has 2 rings (SSSR count). The van der Waals surface area contributed by atoms with Crippen LogP contribution in [0.3, 0.4) is 0 Å². The number of amides is 1. The number of β-lactam (4-membered cyclic amide) rings is 1. The molecule has 0 bridgehead atoms. The molecule has 0 spiro atoms. The van der Waals surface area contributed by atoms with Gasteiger partial charge in [-0.25, -0.2) is 9.59 Å². The lowest BCUT2D eigenvalue weighted by Crippen LogP contribution is -2.63. The summed E-state index contributed by atoms with van der Waals surface area (Å²) in [5.74, 6) is -0.718. The summed E-state index contributed by atoms with van der Waals surface area (Å²) in [5.41, 5.74) is 0. The predicted octanol–water partition coefficient (Wildman–Crippen LogP) is 2.65. The lowest BCUT2D eigenvalue weighted by Gasteiger charge is -2.41. The molecule has 0 radical (unpaired) electrons. The molecule has 0 aromatic heterocycles. The van der Waals surface area contributed by atoms with Gasteiger partial charge in [0.15, 0.2) is 0 Å². The summed E-state index contributed by atoms with van der Waals surface area (Å²) in [6.07, 6.45) is -0.320. The number of carbonyl (C=O) groups excluding carboxylic acids is 3. The number of rotatable bonds is 6. The number of unbranched alkanes of at least 4 members (excludes halogenated alkanes) is 1. The summed E-state index contributed by atoms with van der Waals surface area (Å²) in [4.78, 5) is 37.2. The predicted molar refractivity (Wildman–Crippen MR) is 91.7 cm³/mol. The van der Waals surface area contributed by atoms with Crippen molar-refractivity contribution >= 4 is 45.7 Å². The Morgan fingerprint density at radius 1 is 1.38 bits per heavy atom. The van der Waals surface area contributed by atoms with Gasteiger partial charge in [-0.2, -0.15) is 0 Å². The molecule has 1 unspecified atom stereocenters. The molecule has 1 amide bonds. The minimum atomic E-state index is -1.08. The van der Waals surface area contributed by atoms with Crippen LogP contribution in [-0.4, -0.2) is 56.8 Å². The molecular formula is C15H22BrNO6S. The number of thioether (sulfide) groups is 1. The van der Waals surface area contributed by atoms with Gasteiger partial charge in [0.1, 0.15) is 16.2 Å². The Morgan fingerprint density at radius 3 is 2.67 bits per heavy atom. The number of nitrogens with zero attached hydrogens (tertiary/aromatic N) is 1. The zero-order valence-electron chi connectivity index (χ0n) is 14.1. The summed E-state index contributed by atoms with van der Waals surface area (Å²) < 4.78 is 14.5. The highest BCUT2D eigenvalue weighted by Crippen LogP contribution is 2.53. The molecule has 0 saturated carbocycles. The van der Waals surface area contributed by atoms with Gasteiger partial charge >= 0.3 is 12.1 Å². The monoisotopic (exact) mass is 423 g/mol. The Morgan fingerprint density at radius 2 is 2.04 bits per heavy atom. The first kappa shape index (κ1) is 19.4. The molecule has 2 aliphatic heterocycles. The van der Waals surface area contributed by atoms with Crippen LogP contribution in [0.15, 0.2) is 0 Å². The molecule has 0 aliphatic carbocycles. The molecule has 136 valence electrons. The molecule has 0 N–H and O–H groups in total. The van der Waals surface area contributed by atoms with Crippen molar-refractivity contribution in [1.29, 1.82) is 0 Å². The van der Waals surface area contributed by atoms with Gasteiger partial charge in [0, 0.05) is 11.7 Å². The van der Waals surface area contributed by atoms with Crippen molar-refractivity contribution in [3.05, 3.63) is 0 Å². The zero-order valence-corrected chi connectivity index (χ0v) is 16.5. The second kappa shape index (κ2) is 7.51. The molecule has 2 aliphatic rings. The van der Waals surface area contributed by atoms with Crippen LogP contribution in [-0.2, 0) is 23.8 Å². The molecule has 9 heteroatoms. The normalized spacial score (nSPS) is 28.6. The van der Waals surface area contributed by atoms with E-state index in [0.29, 0.717) is 0 Å². The van der Waals surface area contributed by atoms with E-state index in [0.717, 1.165) is 12.8 Å². The van der Waals surface area contributed by atoms with Crippen LogP contribution in [0.2, 0.25) is 0 Å². The maximum Gasteiger partial charge on any atom is 0.511 e. The van der Waals surface area contributed by atoms with Crippen molar-refractivity contribution < 1.29 is 28.6 Å². The standard InChI is InChI=1S/C15H22BrNO6S/c1-5-6-7-21-14(20)23-8(2)22-13(19)10-15(3,4)24-12-9(16)11(18)17(10)12/h8-10,12H,5-7H2,1-4H3/t8?,9-,10+,12-/m1/s1. The number of alkyl halides is 1. The van der Waals surface area contributed by atoms with E-state index in [1.54, 1.807) is 11.8 Å². The van der Waals surface area contributed by atoms with Crippen LogP contribution in [0.1, 0.15) is 40.5 Å². The van der Waals surface area contributed by atoms with Gasteiger partial charge in [-0.05, 0) is 20.3 Å². The summed E-state index contributed by atoms with van der Waals surface area (Å²) in [6, 6.07) is -0.712. The van der Waals surface area contributed by atoms with Gasteiger partial charge in [-0.15, -0.1) is 11.8 Å². The Labute approximate surface area is 153 Å². The van der Waals surface area contributed by atoms with Crippen LogP contribution in [0.4, 0.5) is 4.79 Å². The fraction of sp³-hybridized carbons (Fsp3) is 0.800. The number of fused-ring (bicyclic) bond motifs is 1. The number of carbonyl (C=O) groups is 3. The summed E-state index contributed by atoms with van der Waals surface area (Å²) in [7, 11) is 0. The summed E-state index contributed by atoms with van der Waals surface area (Å²) in [6.45, 7) is 7.46. The van der Waals surface area contributed by atoms with Crippen molar-refractivity contribution in [3.63, 3.8) is 0 Å². The van der Waals surface area contributed by atoms with Crippen LogP contribution < -0.4 is 0 Å². The minimum absolute atomic E-state index is 0.0831. The van der Waals surface area contributed by atoms with Crippen molar-refractivity contribution in [2.45, 2.75) is 67.8 Å². The van der Waals surface area contributed by atoms with Crippen molar-refractivity contribution in [3.8, 4) is 0 Å². The molecule has 0 aromatic carbocycles. The second-order valence-electron chi connectivity index (χ2n) is 6.24. The Hall–Kier alpha value is -0.960. The Balaban J connectivity index is 1.89. The molecule has 24 heavy (non-hydrogen) atoms. The molecule has 2 heterocycles. The van der Waals surface area contributed by atoms with Crippen LogP contribution in [0.5, 0.6) is 0 Å². The maximum absolute atomic E-state index is 12.5. The van der Waals surface area contributed by atoms with E-state index in [9.17, 15) is 14.4 Å². The second-order valence-corrected chi connectivity index (χ2v) is 8.99. The van der Waals surface area contributed by atoms with E-state index in [1.807, 2.05) is 20.8 Å². The van der Waals surface area contributed by atoms with E-state index in [4.69, 9.17) is 14.2 Å². The maximum atomic E-state index is 12.5. The summed E-state index contributed by atoms with van der Waals surface area (Å²) >= 11 is 4.87. The lowest BCUT2D eigenvalue weighted by molar-refractivity contribution is -0.179. The minimum Gasteiger partial charge on any atom is -0.434 e. The number of ether oxygens (including phenoxy) is 3. The van der Waals surface area contributed by atoms with Crippen molar-refractivity contribution in [2.24, 2.45) is 0 Å². The number of hydrogen-bond acceptors (Lipinski definition) is 7. The van der Waals surface area contributed by atoms with Crippen molar-refractivity contribution in [2.75, 3.05) is 6.61 Å². The highest BCUT2D eigenvalue weighted by Gasteiger charge is 2.63. The highest BCUT2D eigenvalue weighted by molar-refractivity contribution is 9.10. The van der Waals surface area contributed by atoms with Gasteiger partial charge in [0.05, 0.1) is 6.61 Å². The molecular weight excluding hydrogens is 402 g/mol. The average Bonchev–Trinajstić information content (AvgIpc) is 2.75. The first-order chi connectivity index (χ1) is 11.2. The van der Waals surface area contributed by atoms with E-state index >= 15 is 0 Å². The number of esters is 1. The fourth-order valence-electron chi connectivity index (χ4n) is 2.67. The first-order valence-electron chi connectivity index (χ1n) is 7.87. The summed E-state index contributed by atoms with van der Waals surface area (Å²) in [5, 5.41) is -0.0831. The number of hydrogen-bond donors (Lipinski definition) is 0. The molecule has 7 nitrogen and oxygen atoms in total. The molecule has 4 atom stereocenters. The fourth-order valence-corrected chi connectivity index (χ4v) is 5.02. The van der Waals surface area contributed by atoms with E-state index < -0.39 is 29.2 Å². The number of halogens is 1. The average molecular weight is 424 g/mol. The Bertz CT molecular complexity index is 528. The third kappa shape index (κ3) is 3.82. The quantitative estimate of drug-likeness (QED) is 0.213. The van der Waals surface area contributed by atoms with Gasteiger partial charge in [-0.1, -0.05) is 29.3 Å². The molecule has 2 saturated heterocycles. The zero-order chi connectivity index (χ0) is 18.1.